The molecule has 27 heavy (non-hydrogen) atoms. The number of carboxylic acids is 1. The summed E-state index contributed by atoms with van der Waals surface area (Å²) in [5, 5.41) is 9.02. The molecule has 3 rings (SSSR count). The van der Waals surface area contributed by atoms with Gasteiger partial charge in [-0.15, -0.1) is 0 Å². The van der Waals surface area contributed by atoms with E-state index in [9.17, 15) is 17.6 Å². The third-order valence-corrected chi connectivity index (χ3v) is 7.49. The first-order valence-corrected chi connectivity index (χ1v) is 11.1. The second-order valence-electron chi connectivity index (χ2n) is 7.51. The van der Waals surface area contributed by atoms with E-state index >= 15 is 0 Å². The van der Waals surface area contributed by atoms with E-state index in [1.807, 2.05) is 0 Å². The van der Waals surface area contributed by atoms with Crippen LogP contribution in [0, 0.1) is 11.7 Å². The molecule has 1 N–H and O–H groups in total. The van der Waals surface area contributed by atoms with Gasteiger partial charge in [-0.3, -0.25) is 0 Å². The van der Waals surface area contributed by atoms with Crippen molar-refractivity contribution >= 4 is 16.0 Å². The van der Waals surface area contributed by atoms with E-state index in [2.05, 4.69) is 4.90 Å². The number of likely N-dealkylation sites (tertiary alicyclic amines) is 1. The van der Waals surface area contributed by atoms with Crippen LogP contribution in [0.5, 0.6) is 0 Å². The van der Waals surface area contributed by atoms with Gasteiger partial charge in [-0.2, -0.15) is 4.31 Å². The van der Waals surface area contributed by atoms with Crippen molar-refractivity contribution in [2.45, 2.75) is 43.4 Å². The number of carbonyl (C=O) groups is 1. The summed E-state index contributed by atoms with van der Waals surface area (Å²) in [5.74, 6) is -1.92. The SMILES string of the molecule is O=C(O)c1cc(S(=O)(=O)N2CCC(CN3CCCCCC3)CC2)ccc1F. The molecule has 2 aliphatic heterocycles. The summed E-state index contributed by atoms with van der Waals surface area (Å²) in [6.45, 7) is 4.12. The van der Waals surface area contributed by atoms with E-state index in [1.54, 1.807) is 0 Å². The number of halogens is 1. The summed E-state index contributed by atoms with van der Waals surface area (Å²) in [7, 11) is -3.81. The van der Waals surface area contributed by atoms with Gasteiger partial charge in [0.2, 0.25) is 10.0 Å². The summed E-state index contributed by atoms with van der Waals surface area (Å²) in [6.07, 6.45) is 6.66. The minimum atomic E-state index is -3.81. The van der Waals surface area contributed by atoms with Crippen molar-refractivity contribution in [3.05, 3.63) is 29.6 Å². The van der Waals surface area contributed by atoms with Gasteiger partial charge < -0.3 is 10.0 Å². The van der Waals surface area contributed by atoms with Crippen molar-refractivity contribution in [3.63, 3.8) is 0 Å². The molecule has 0 unspecified atom stereocenters. The van der Waals surface area contributed by atoms with E-state index in [4.69, 9.17) is 5.11 Å². The molecule has 6 nitrogen and oxygen atoms in total. The van der Waals surface area contributed by atoms with Crippen molar-refractivity contribution in [3.8, 4) is 0 Å². The van der Waals surface area contributed by atoms with Crippen LogP contribution in [0.15, 0.2) is 23.1 Å². The van der Waals surface area contributed by atoms with Crippen molar-refractivity contribution in [2.24, 2.45) is 5.92 Å². The fourth-order valence-corrected chi connectivity index (χ4v) is 5.49. The third kappa shape index (κ3) is 4.86. The lowest BCUT2D eigenvalue weighted by atomic mass is 9.97. The molecule has 0 bridgehead atoms. The molecule has 2 fully saturated rings. The Morgan fingerprint density at radius 2 is 1.70 bits per heavy atom. The average Bonchev–Trinajstić information content (AvgIpc) is 2.91. The van der Waals surface area contributed by atoms with Crippen molar-refractivity contribution in [2.75, 3.05) is 32.7 Å². The Kier molecular flexibility index (Phi) is 6.49. The van der Waals surface area contributed by atoms with Crippen molar-refractivity contribution in [1.82, 2.24) is 9.21 Å². The summed E-state index contributed by atoms with van der Waals surface area (Å²) >= 11 is 0. The highest BCUT2D eigenvalue weighted by Gasteiger charge is 2.31. The Morgan fingerprint density at radius 3 is 2.30 bits per heavy atom. The lowest BCUT2D eigenvalue weighted by Crippen LogP contribution is -2.41. The van der Waals surface area contributed by atoms with E-state index in [0.29, 0.717) is 19.0 Å². The Hall–Kier alpha value is -1.51. The quantitative estimate of drug-likeness (QED) is 0.825. The molecule has 0 aromatic heterocycles. The Balaban J connectivity index is 1.63. The van der Waals surface area contributed by atoms with Gasteiger partial charge in [-0.05, 0) is 62.9 Å². The van der Waals surface area contributed by atoms with Gasteiger partial charge in [0.15, 0.2) is 0 Å². The van der Waals surface area contributed by atoms with Crippen LogP contribution in [0.25, 0.3) is 0 Å². The molecule has 2 heterocycles. The molecule has 0 spiro atoms. The summed E-state index contributed by atoms with van der Waals surface area (Å²) < 4.78 is 40.6. The van der Waals surface area contributed by atoms with Crippen LogP contribution in [0.1, 0.15) is 48.9 Å². The topological polar surface area (TPSA) is 77.9 Å². The monoisotopic (exact) mass is 398 g/mol. The minimum absolute atomic E-state index is 0.160. The maximum atomic E-state index is 13.6. The van der Waals surface area contributed by atoms with Crippen LogP contribution in [0.4, 0.5) is 4.39 Å². The Morgan fingerprint density at radius 1 is 1.07 bits per heavy atom. The fourth-order valence-electron chi connectivity index (χ4n) is 3.99. The predicted molar refractivity (Wildman–Crippen MR) is 99.8 cm³/mol. The molecule has 0 atom stereocenters. The normalized spacial score (nSPS) is 21.1. The molecule has 2 saturated heterocycles. The van der Waals surface area contributed by atoms with Crippen LogP contribution in [-0.2, 0) is 10.0 Å². The van der Waals surface area contributed by atoms with Crippen LogP contribution < -0.4 is 0 Å². The minimum Gasteiger partial charge on any atom is -0.478 e. The molecular weight excluding hydrogens is 371 g/mol. The highest BCUT2D eigenvalue weighted by atomic mass is 32.2. The van der Waals surface area contributed by atoms with Gasteiger partial charge >= 0.3 is 5.97 Å². The number of hydrogen-bond donors (Lipinski definition) is 1. The van der Waals surface area contributed by atoms with Gasteiger partial charge in [0.25, 0.3) is 0 Å². The fraction of sp³-hybridized carbons (Fsp3) is 0.632. The summed E-state index contributed by atoms with van der Waals surface area (Å²) in [5.41, 5.74) is -0.618. The molecular formula is C19H27FN2O4S. The first-order chi connectivity index (χ1) is 12.9. The molecule has 0 aliphatic carbocycles. The van der Waals surface area contributed by atoms with Gasteiger partial charge in [0.1, 0.15) is 5.82 Å². The van der Waals surface area contributed by atoms with E-state index < -0.39 is 27.4 Å². The van der Waals surface area contributed by atoms with Crippen molar-refractivity contribution in [1.29, 1.82) is 0 Å². The maximum Gasteiger partial charge on any atom is 0.338 e. The van der Waals surface area contributed by atoms with Gasteiger partial charge in [-0.1, -0.05) is 12.8 Å². The number of nitrogens with zero attached hydrogens (tertiary/aromatic N) is 2. The van der Waals surface area contributed by atoms with Gasteiger partial charge in [0.05, 0.1) is 10.5 Å². The number of benzene rings is 1. The van der Waals surface area contributed by atoms with Gasteiger partial charge in [0, 0.05) is 19.6 Å². The zero-order chi connectivity index (χ0) is 19.4. The van der Waals surface area contributed by atoms with E-state index in [0.717, 1.165) is 50.7 Å². The molecule has 8 heteroatoms. The zero-order valence-electron chi connectivity index (χ0n) is 15.4. The highest BCUT2D eigenvalue weighted by Crippen LogP contribution is 2.26. The van der Waals surface area contributed by atoms with E-state index in [-0.39, 0.29) is 4.90 Å². The lowest BCUT2D eigenvalue weighted by molar-refractivity contribution is 0.0691. The molecule has 0 saturated carbocycles. The number of piperidine rings is 1. The number of hydrogen-bond acceptors (Lipinski definition) is 4. The van der Waals surface area contributed by atoms with Gasteiger partial charge in [-0.25, -0.2) is 17.6 Å². The molecule has 1 aromatic rings. The van der Waals surface area contributed by atoms with Crippen LogP contribution in [0.3, 0.4) is 0 Å². The largest absolute Gasteiger partial charge is 0.478 e. The molecule has 0 amide bonds. The summed E-state index contributed by atoms with van der Waals surface area (Å²) in [6, 6.07) is 2.96. The molecule has 150 valence electrons. The second kappa shape index (κ2) is 8.67. The number of aromatic carboxylic acids is 1. The molecule has 0 radical (unpaired) electrons. The average molecular weight is 399 g/mol. The molecule has 2 aliphatic rings. The molecule has 1 aromatic carbocycles. The number of sulfonamides is 1. The lowest BCUT2D eigenvalue weighted by Gasteiger charge is -2.34. The number of carboxylic acid groups (broad SMARTS) is 1. The highest BCUT2D eigenvalue weighted by molar-refractivity contribution is 7.89. The first-order valence-electron chi connectivity index (χ1n) is 9.63. The first kappa shape index (κ1) is 20.2. The van der Waals surface area contributed by atoms with E-state index in [1.165, 1.54) is 30.0 Å². The van der Waals surface area contributed by atoms with Crippen molar-refractivity contribution < 1.29 is 22.7 Å². The third-order valence-electron chi connectivity index (χ3n) is 5.59. The maximum absolute atomic E-state index is 13.6. The Labute approximate surface area is 160 Å². The zero-order valence-corrected chi connectivity index (χ0v) is 16.3. The second-order valence-corrected chi connectivity index (χ2v) is 9.45. The predicted octanol–water partition coefficient (Wildman–Crippen LogP) is 2.80. The van der Waals surface area contributed by atoms with Crippen LogP contribution >= 0.6 is 0 Å². The van der Waals surface area contributed by atoms with Crippen LogP contribution in [-0.4, -0.2) is 61.4 Å². The summed E-state index contributed by atoms with van der Waals surface area (Å²) in [4.78, 5) is 13.4. The Bertz CT molecular complexity index is 768. The number of rotatable bonds is 5. The smallest absolute Gasteiger partial charge is 0.338 e. The van der Waals surface area contributed by atoms with Crippen LogP contribution in [0.2, 0.25) is 0 Å². The standard InChI is InChI=1S/C19H27FN2O4S/c20-18-6-5-16(13-17(18)19(23)24)27(25,26)22-11-7-15(8-12-22)14-21-9-3-1-2-4-10-21/h5-6,13,15H,1-4,7-12,14H2,(H,23,24).